The third-order valence-electron chi connectivity index (χ3n) is 3.07. The molecule has 4 nitrogen and oxygen atoms in total. The van der Waals surface area contributed by atoms with E-state index in [9.17, 15) is 9.90 Å². The zero-order chi connectivity index (χ0) is 14.5. The molecule has 1 N–H and O–H groups in total. The molecule has 1 aromatic carbocycles. The number of aromatic hydroxyl groups is 1. The van der Waals surface area contributed by atoms with E-state index in [1.54, 1.807) is 41.5 Å². The maximum Gasteiger partial charge on any atom is 0.257 e. The number of thiophene rings is 1. The Bertz CT molecular complexity index is 581. The summed E-state index contributed by atoms with van der Waals surface area (Å²) in [5, 5.41) is 12.0. The lowest BCUT2D eigenvalue weighted by Gasteiger charge is -2.18. The van der Waals surface area contributed by atoms with Crippen LogP contribution in [0.3, 0.4) is 0 Å². The number of methoxy groups -OCH3 is 1. The number of para-hydroxylation sites is 1. The molecular formula is C15H17NO3S. The van der Waals surface area contributed by atoms with Crippen LogP contribution in [0.5, 0.6) is 11.5 Å². The van der Waals surface area contributed by atoms with Crippen molar-refractivity contribution in [2.24, 2.45) is 0 Å². The van der Waals surface area contributed by atoms with Gasteiger partial charge in [0, 0.05) is 18.5 Å². The van der Waals surface area contributed by atoms with Crippen molar-refractivity contribution < 1.29 is 14.6 Å². The van der Waals surface area contributed by atoms with Crippen molar-refractivity contribution in [1.82, 2.24) is 4.90 Å². The highest BCUT2D eigenvalue weighted by atomic mass is 32.1. The van der Waals surface area contributed by atoms with Gasteiger partial charge in [0.1, 0.15) is 0 Å². The van der Waals surface area contributed by atoms with Crippen LogP contribution in [-0.4, -0.2) is 36.6 Å². The predicted octanol–water partition coefficient (Wildman–Crippen LogP) is 2.78. The molecule has 2 aromatic rings. The second-order valence-corrected chi connectivity index (χ2v) is 5.44. The van der Waals surface area contributed by atoms with E-state index in [1.165, 1.54) is 12.0 Å². The SMILES string of the molecule is COc1cccc(C(=O)N(C)CCc2cccs2)c1O. The lowest BCUT2D eigenvalue weighted by Crippen LogP contribution is -2.28. The summed E-state index contributed by atoms with van der Waals surface area (Å²) >= 11 is 1.67. The van der Waals surface area contributed by atoms with Crippen LogP contribution in [0.15, 0.2) is 35.7 Å². The molecule has 0 fully saturated rings. The lowest BCUT2D eigenvalue weighted by molar-refractivity contribution is 0.0793. The fourth-order valence-electron chi connectivity index (χ4n) is 1.90. The Hall–Kier alpha value is -2.01. The van der Waals surface area contributed by atoms with Crippen molar-refractivity contribution in [2.45, 2.75) is 6.42 Å². The van der Waals surface area contributed by atoms with E-state index in [1.807, 2.05) is 17.5 Å². The maximum atomic E-state index is 12.3. The highest BCUT2D eigenvalue weighted by Gasteiger charge is 2.18. The highest BCUT2D eigenvalue weighted by Crippen LogP contribution is 2.30. The molecule has 0 aliphatic heterocycles. The van der Waals surface area contributed by atoms with Crippen LogP contribution in [0.4, 0.5) is 0 Å². The Morgan fingerprint density at radius 1 is 1.35 bits per heavy atom. The van der Waals surface area contributed by atoms with Crippen molar-refractivity contribution in [1.29, 1.82) is 0 Å². The summed E-state index contributed by atoms with van der Waals surface area (Å²) in [5.41, 5.74) is 0.262. The van der Waals surface area contributed by atoms with Crippen LogP contribution in [0.25, 0.3) is 0 Å². The summed E-state index contributed by atoms with van der Waals surface area (Å²) in [4.78, 5) is 15.1. The van der Waals surface area contributed by atoms with Crippen molar-refractivity contribution in [3.05, 3.63) is 46.2 Å². The number of ether oxygens (including phenoxy) is 1. The predicted molar refractivity (Wildman–Crippen MR) is 79.6 cm³/mol. The minimum Gasteiger partial charge on any atom is -0.504 e. The third-order valence-corrected chi connectivity index (χ3v) is 4.01. The molecule has 0 saturated carbocycles. The van der Waals surface area contributed by atoms with Gasteiger partial charge in [0.25, 0.3) is 5.91 Å². The van der Waals surface area contributed by atoms with E-state index in [-0.39, 0.29) is 17.2 Å². The Morgan fingerprint density at radius 3 is 2.80 bits per heavy atom. The molecule has 0 spiro atoms. The van der Waals surface area contributed by atoms with Gasteiger partial charge in [0.2, 0.25) is 0 Å². The number of nitrogens with zero attached hydrogens (tertiary/aromatic N) is 1. The number of benzene rings is 1. The average molecular weight is 291 g/mol. The van der Waals surface area contributed by atoms with E-state index >= 15 is 0 Å². The molecule has 0 unspecified atom stereocenters. The van der Waals surface area contributed by atoms with Crippen LogP contribution in [0, 0.1) is 0 Å². The Labute approximate surface area is 122 Å². The zero-order valence-electron chi connectivity index (χ0n) is 11.5. The number of amides is 1. The summed E-state index contributed by atoms with van der Waals surface area (Å²) in [6.45, 7) is 0.607. The van der Waals surface area contributed by atoms with Gasteiger partial charge in [-0.2, -0.15) is 0 Å². The number of hydrogen-bond donors (Lipinski definition) is 1. The van der Waals surface area contributed by atoms with Crippen LogP contribution in [0.1, 0.15) is 15.2 Å². The molecule has 0 saturated heterocycles. The molecule has 1 aromatic heterocycles. The molecule has 20 heavy (non-hydrogen) atoms. The summed E-state index contributed by atoms with van der Waals surface area (Å²) in [6.07, 6.45) is 0.810. The van der Waals surface area contributed by atoms with Crippen LogP contribution in [-0.2, 0) is 6.42 Å². The van der Waals surface area contributed by atoms with Gasteiger partial charge in [-0.15, -0.1) is 11.3 Å². The molecule has 0 radical (unpaired) electrons. The summed E-state index contributed by atoms with van der Waals surface area (Å²) < 4.78 is 5.02. The van der Waals surface area contributed by atoms with Crippen molar-refractivity contribution in [3.63, 3.8) is 0 Å². The number of carbonyl (C=O) groups is 1. The lowest BCUT2D eigenvalue weighted by atomic mass is 10.1. The van der Waals surface area contributed by atoms with Gasteiger partial charge in [-0.3, -0.25) is 4.79 Å². The zero-order valence-corrected chi connectivity index (χ0v) is 12.3. The Balaban J connectivity index is 2.06. The van der Waals surface area contributed by atoms with E-state index in [2.05, 4.69) is 0 Å². The smallest absolute Gasteiger partial charge is 0.257 e. The normalized spacial score (nSPS) is 10.3. The van der Waals surface area contributed by atoms with Crippen molar-refractivity contribution in [2.75, 3.05) is 20.7 Å². The molecular weight excluding hydrogens is 274 g/mol. The van der Waals surface area contributed by atoms with Crippen LogP contribution < -0.4 is 4.74 Å². The number of likely N-dealkylation sites (N-methyl/N-ethyl adjacent to an activating group) is 1. The van der Waals surface area contributed by atoms with E-state index < -0.39 is 0 Å². The van der Waals surface area contributed by atoms with Gasteiger partial charge in [0.15, 0.2) is 11.5 Å². The fourth-order valence-corrected chi connectivity index (χ4v) is 2.60. The monoisotopic (exact) mass is 291 g/mol. The van der Waals surface area contributed by atoms with E-state index in [0.717, 1.165) is 6.42 Å². The average Bonchev–Trinajstić information content (AvgIpc) is 2.97. The van der Waals surface area contributed by atoms with Gasteiger partial charge < -0.3 is 14.7 Å². The first-order chi connectivity index (χ1) is 9.63. The minimum absolute atomic E-state index is 0.108. The first-order valence-corrected chi connectivity index (χ1v) is 7.15. The van der Waals surface area contributed by atoms with Gasteiger partial charge in [-0.25, -0.2) is 0 Å². The molecule has 0 aliphatic rings. The molecule has 1 heterocycles. The quantitative estimate of drug-likeness (QED) is 0.921. The topological polar surface area (TPSA) is 49.8 Å². The molecule has 5 heteroatoms. The van der Waals surface area contributed by atoms with Crippen molar-refractivity contribution >= 4 is 17.2 Å². The maximum absolute atomic E-state index is 12.3. The van der Waals surface area contributed by atoms with Gasteiger partial charge in [0.05, 0.1) is 12.7 Å². The number of rotatable bonds is 5. The number of phenolic OH excluding ortho intramolecular Hbond substituents is 1. The van der Waals surface area contributed by atoms with Gasteiger partial charge >= 0.3 is 0 Å². The largest absolute Gasteiger partial charge is 0.504 e. The molecule has 1 amide bonds. The van der Waals surface area contributed by atoms with Crippen molar-refractivity contribution in [3.8, 4) is 11.5 Å². The molecule has 0 atom stereocenters. The molecule has 2 rings (SSSR count). The van der Waals surface area contributed by atoms with E-state index in [4.69, 9.17) is 4.74 Å². The summed E-state index contributed by atoms with van der Waals surface area (Å²) in [6, 6.07) is 8.96. The number of phenols is 1. The minimum atomic E-state index is -0.210. The number of carbonyl (C=O) groups excluding carboxylic acids is 1. The third kappa shape index (κ3) is 3.11. The highest BCUT2D eigenvalue weighted by molar-refractivity contribution is 7.09. The molecule has 106 valence electrons. The van der Waals surface area contributed by atoms with Gasteiger partial charge in [-0.1, -0.05) is 12.1 Å². The van der Waals surface area contributed by atoms with E-state index in [0.29, 0.717) is 12.3 Å². The Kier molecular flexibility index (Phi) is 4.63. The second-order valence-electron chi connectivity index (χ2n) is 4.41. The second kappa shape index (κ2) is 6.43. The first-order valence-electron chi connectivity index (χ1n) is 6.27. The fraction of sp³-hybridized carbons (Fsp3) is 0.267. The number of hydrogen-bond acceptors (Lipinski definition) is 4. The standard InChI is InChI=1S/C15H17NO3S/c1-16(9-8-11-5-4-10-20-11)15(18)12-6-3-7-13(19-2)14(12)17/h3-7,10,17H,8-9H2,1-2H3. The Morgan fingerprint density at radius 2 is 2.15 bits per heavy atom. The molecule has 0 aliphatic carbocycles. The van der Waals surface area contributed by atoms with Crippen LogP contribution in [0.2, 0.25) is 0 Å². The van der Waals surface area contributed by atoms with Gasteiger partial charge in [-0.05, 0) is 30.0 Å². The molecule has 0 bridgehead atoms. The summed E-state index contributed by atoms with van der Waals surface area (Å²) in [5.74, 6) is -0.0107. The van der Waals surface area contributed by atoms with Crippen LogP contribution >= 0.6 is 11.3 Å². The first kappa shape index (κ1) is 14.4. The summed E-state index contributed by atoms with van der Waals surface area (Å²) in [7, 11) is 3.19.